The van der Waals surface area contributed by atoms with Gasteiger partial charge in [0, 0.05) is 6.42 Å². The van der Waals surface area contributed by atoms with Crippen molar-refractivity contribution >= 4 is 11.8 Å². The van der Waals surface area contributed by atoms with Crippen LogP contribution in [0.3, 0.4) is 0 Å². The lowest BCUT2D eigenvalue weighted by Gasteiger charge is -1.94. The molecule has 3 nitrogen and oxygen atoms in total. The zero-order chi connectivity index (χ0) is 8.15. The second-order valence-corrected chi connectivity index (χ2v) is 1.96. The molecule has 0 saturated heterocycles. The van der Waals surface area contributed by atoms with E-state index in [4.69, 9.17) is 5.11 Å². The van der Waals surface area contributed by atoms with Gasteiger partial charge in [0.1, 0.15) is 0 Å². The van der Waals surface area contributed by atoms with Crippen LogP contribution >= 0.6 is 0 Å². The Morgan fingerprint density at radius 1 is 1.50 bits per heavy atom. The SMILES string of the molecule is C=C(C(=O)O)C(=O)CCC. The van der Waals surface area contributed by atoms with E-state index in [0.29, 0.717) is 6.42 Å². The number of ketones is 1. The summed E-state index contributed by atoms with van der Waals surface area (Å²) < 4.78 is 0. The molecule has 0 aliphatic carbocycles. The second-order valence-electron chi connectivity index (χ2n) is 1.96. The summed E-state index contributed by atoms with van der Waals surface area (Å²) in [4.78, 5) is 20.8. The Bertz CT molecular complexity index is 170. The Hall–Kier alpha value is -1.12. The van der Waals surface area contributed by atoms with E-state index in [9.17, 15) is 9.59 Å². The maximum Gasteiger partial charge on any atom is 0.338 e. The Morgan fingerprint density at radius 2 is 2.00 bits per heavy atom. The fourth-order valence-corrected chi connectivity index (χ4v) is 0.497. The molecule has 0 aromatic rings. The maximum absolute atomic E-state index is 10.7. The molecule has 0 heterocycles. The monoisotopic (exact) mass is 142 g/mol. The highest BCUT2D eigenvalue weighted by molar-refractivity contribution is 6.15. The maximum atomic E-state index is 10.7. The van der Waals surface area contributed by atoms with Crippen LogP contribution in [0.2, 0.25) is 0 Å². The molecule has 0 spiro atoms. The van der Waals surface area contributed by atoms with Crippen molar-refractivity contribution in [1.29, 1.82) is 0 Å². The van der Waals surface area contributed by atoms with Crippen molar-refractivity contribution in [2.75, 3.05) is 0 Å². The first-order valence-corrected chi connectivity index (χ1v) is 3.05. The normalized spacial score (nSPS) is 8.90. The van der Waals surface area contributed by atoms with Crippen molar-refractivity contribution in [2.24, 2.45) is 0 Å². The molecule has 0 aliphatic heterocycles. The van der Waals surface area contributed by atoms with E-state index >= 15 is 0 Å². The van der Waals surface area contributed by atoms with E-state index in [1.165, 1.54) is 0 Å². The zero-order valence-electron chi connectivity index (χ0n) is 5.89. The predicted molar refractivity (Wildman–Crippen MR) is 36.7 cm³/mol. The van der Waals surface area contributed by atoms with Gasteiger partial charge >= 0.3 is 5.97 Å². The van der Waals surface area contributed by atoms with Gasteiger partial charge in [0.25, 0.3) is 0 Å². The Morgan fingerprint density at radius 3 is 2.30 bits per heavy atom. The zero-order valence-corrected chi connectivity index (χ0v) is 5.89. The molecule has 0 aromatic heterocycles. The molecular weight excluding hydrogens is 132 g/mol. The minimum absolute atomic E-state index is 0.269. The van der Waals surface area contributed by atoms with Gasteiger partial charge in [-0.1, -0.05) is 13.5 Å². The van der Waals surface area contributed by atoms with Crippen LogP contribution in [0, 0.1) is 0 Å². The van der Waals surface area contributed by atoms with Gasteiger partial charge in [0.05, 0.1) is 5.57 Å². The van der Waals surface area contributed by atoms with E-state index in [2.05, 4.69) is 6.58 Å². The van der Waals surface area contributed by atoms with Crippen molar-refractivity contribution in [3.05, 3.63) is 12.2 Å². The lowest BCUT2D eigenvalue weighted by Crippen LogP contribution is -2.09. The number of hydrogen-bond acceptors (Lipinski definition) is 2. The summed E-state index contributed by atoms with van der Waals surface area (Å²) in [5.41, 5.74) is -0.318. The summed E-state index contributed by atoms with van der Waals surface area (Å²) in [7, 11) is 0. The van der Waals surface area contributed by atoms with Crippen LogP contribution in [0.15, 0.2) is 12.2 Å². The van der Waals surface area contributed by atoms with Crippen LogP contribution in [0.5, 0.6) is 0 Å². The van der Waals surface area contributed by atoms with Crippen LogP contribution in [0.4, 0.5) is 0 Å². The molecule has 0 bridgehead atoms. The van der Waals surface area contributed by atoms with Gasteiger partial charge in [-0.3, -0.25) is 4.79 Å². The summed E-state index contributed by atoms with van der Waals surface area (Å²) in [5, 5.41) is 8.26. The van der Waals surface area contributed by atoms with Crippen molar-refractivity contribution < 1.29 is 14.7 Å². The van der Waals surface area contributed by atoms with Gasteiger partial charge < -0.3 is 5.11 Å². The number of rotatable bonds is 4. The fourth-order valence-electron chi connectivity index (χ4n) is 0.497. The van der Waals surface area contributed by atoms with Gasteiger partial charge in [-0.05, 0) is 6.42 Å². The fraction of sp³-hybridized carbons (Fsp3) is 0.429. The average molecular weight is 142 g/mol. The molecule has 0 saturated carbocycles. The standard InChI is InChI=1S/C7H10O3/c1-3-4-6(8)5(2)7(9)10/h2-4H2,1H3,(H,9,10). The van der Waals surface area contributed by atoms with Crippen LogP contribution < -0.4 is 0 Å². The molecule has 56 valence electrons. The Kier molecular flexibility index (Phi) is 3.39. The van der Waals surface area contributed by atoms with Crippen molar-refractivity contribution in [1.82, 2.24) is 0 Å². The molecule has 0 atom stereocenters. The molecular formula is C7H10O3. The highest BCUT2D eigenvalue weighted by Gasteiger charge is 2.11. The second kappa shape index (κ2) is 3.82. The van der Waals surface area contributed by atoms with Crippen LogP contribution in [-0.2, 0) is 9.59 Å². The van der Waals surface area contributed by atoms with Gasteiger partial charge in [-0.25, -0.2) is 4.79 Å². The van der Waals surface area contributed by atoms with Crippen LogP contribution in [-0.4, -0.2) is 16.9 Å². The van der Waals surface area contributed by atoms with E-state index in [-0.39, 0.29) is 17.8 Å². The highest BCUT2D eigenvalue weighted by Crippen LogP contribution is 1.99. The van der Waals surface area contributed by atoms with Gasteiger partial charge in [0.15, 0.2) is 5.78 Å². The predicted octanol–water partition coefficient (Wildman–Crippen LogP) is 0.996. The summed E-state index contributed by atoms with van der Waals surface area (Å²) in [6, 6.07) is 0. The molecule has 0 unspecified atom stereocenters. The summed E-state index contributed by atoms with van der Waals surface area (Å²) in [5.74, 6) is -1.60. The minimum Gasteiger partial charge on any atom is -0.478 e. The molecule has 0 amide bonds. The molecule has 10 heavy (non-hydrogen) atoms. The summed E-state index contributed by atoms with van der Waals surface area (Å²) in [6.45, 7) is 4.94. The first-order valence-electron chi connectivity index (χ1n) is 3.05. The quantitative estimate of drug-likeness (QED) is 0.362. The number of carboxylic acid groups (broad SMARTS) is 1. The number of Topliss-reactive ketones (excluding diaryl/α,β-unsaturated/α-hetero) is 1. The van der Waals surface area contributed by atoms with Crippen molar-refractivity contribution in [2.45, 2.75) is 19.8 Å². The topological polar surface area (TPSA) is 54.4 Å². The van der Waals surface area contributed by atoms with Gasteiger partial charge in [-0.15, -0.1) is 0 Å². The number of carbonyl (C=O) groups excluding carboxylic acids is 1. The first-order chi connectivity index (χ1) is 4.59. The van der Waals surface area contributed by atoms with Crippen LogP contribution in [0.25, 0.3) is 0 Å². The summed E-state index contributed by atoms with van der Waals surface area (Å²) >= 11 is 0. The first kappa shape index (κ1) is 8.88. The molecule has 0 radical (unpaired) electrons. The van der Waals surface area contributed by atoms with E-state index in [0.717, 1.165) is 0 Å². The van der Waals surface area contributed by atoms with Crippen molar-refractivity contribution in [3.8, 4) is 0 Å². The minimum atomic E-state index is -1.22. The van der Waals surface area contributed by atoms with E-state index in [1.54, 1.807) is 0 Å². The molecule has 0 rings (SSSR count). The molecule has 0 fully saturated rings. The van der Waals surface area contributed by atoms with Gasteiger partial charge in [-0.2, -0.15) is 0 Å². The third-order valence-electron chi connectivity index (χ3n) is 1.07. The number of carbonyl (C=O) groups is 2. The summed E-state index contributed by atoms with van der Waals surface area (Å²) in [6.07, 6.45) is 0.927. The third-order valence-corrected chi connectivity index (χ3v) is 1.07. The largest absolute Gasteiger partial charge is 0.478 e. The number of aliphatic carboxylic acids is 1. The van der Waals surface area contributed by atoms with Gasteiger partial charge in [0.2, 0.25) is 0 Å². The Labute approximate surface area is 59.4 Å². The molecule has 3 heteroatoms. The molecule has 0 aromatic carbocycles. The highest BCUT2D eigenvalue weighted by atomic mass is 16.4. The smallest absolute Gasteiger partial charge is 0.338 e. The van der Waals surface area contributed by atoms with E-state index in [1.807, 2.05) is 6.92 Å². The lowest BCUT2D eigenvalue weighted by molar-refractivity contribution is -0.134. The third kappa shape index (κ3) is 2.44. The van der Waals surface area contributed by atoms with Crippen LogP contribution in [0.1, 0.15) is 19.8 Å². The van der Waals surface area contributed by atoms with E-state index < -0.39 is 5.97 Å². The number of hydrogen-bond donors (Lipinski definition) is 1. The average Bonchev–Trinajstić information content (AvgIpc) is 1.87. The lowest BCUT2D eigenvalue weighted by atomic mass is 10.1. The molecule has 0 aliphatic rings. The Balaban J connectivity index is 3.96. The number of carboxylic acids is 1. The molecule has 1 N–H and O–H groups in total. The van der Waals surface area contributed by atoms with Crippen molar-refractivity contribution in [3.63, 3.8) is 0 Å².